The summed E-state index contributed by atoms with van der Waals surface area (Å²) in [6.45, 7) is 2.47. The van der Waals surface area contributed by atoms with Crippen molar-refractivity contribution in [1.82, 2.24) is 0 Å². The highest BCUT2D eigenvalue weighted by Gasteiger charge is 1.95. The minimum Gasteiger partial charge on any atom is -0.497 e. The second-order valence-corrected chi connectivity index (χ2v) is 3.14. The number of ether oxygens (including phenoxy) is 3. The molecule has 0 aromatic heterocycles. The van der Waals surface area contributed by atoms with E-state index in [9.17, 15) is 4.79 Å². The summed E-state index contributed by atoms with van der Waals surface area (Å²) in [5.41, 5.74) is 0. The molecule has 1 aromatic carbocycles. The molecule has 0 bridgehead atoms. The summed E-state index contributed by atoms with van der Waals surface area (Å²) in [6.07, 6.45) is 2.97. The van der Waals surface area contributed by atoms with Gasteiger partial charge < -0.3 is 14.2 Å². The van der Waals surface area contributed by atoms with Crippen LogP contribution in [0.4, 0.5) is 0 Å². The van der Waals surface area contributed by atoms with Crippen LogP contribution in [-0.4, -0.2) is 26.3 Å². The minimum absolute atomic E-state index is 0.325. The first-order valence-electron chi connectivity index (χ1n) is 5.36. The fraction of sp³-hybridized carbons (Fsp3) is 0.308. The monoisotopic (exact) mass is 236 g/mol. The van der Waals surface area contributed by atoms with Crippen LogP contribution in [0.3, 0.4) is 0 Å². The van der Waals surface area contributed by atoms with Gasteiger partial charge in [-0.05, 0) is 37.3 Å². The molecular formula is C13H16O4. The first-order chi connectivity index (χ1) is 8.26. The highest BCUT2D eigenvalue weighted by atomic mass is 16.5. The third-order valence-corrected chi connectivity index (χ3v) is 1.95. The van der Waals surface area contributed by atoms with E-state index in [0.29, 0.717) is 13.2 Å². The van der Waals surface area contributed by atoms with Crippen LogP contribution in [0.1, 0.15) is 6.92 Å². The Morgan fingerprint density at radius 3 is 2.47 bits per heavy atom. The lowest BCUT2D eigenvalue weighted by molar-refractivity contribution is -0.137. The summed E-state index contributed by atoms with van der Waals surface area (Å²) in [5, 5.41) is 0. The van der Waals surface area contributed by atoms with Gasteiger partial charge in [0.25, 0.3) is 0 Å². The van der Waals surface area contributed by atoms with Crippen LogP contribution in [0.15, 0.2) is 36.4 Å². The van der Waals surface area contributed by atoms with Gasteiger partial charge in [0.2, 0.25) is 0 Å². The maximum Gasteiger partial charge on any atom is 0.330 e. The molecule has 0 atom stereocenters. The van der Waals surface area contributed by atoms with Crippen LogP contribution in [-0.2, 0) is 9.53 Å². The first-order valence-corrected chi connectivity index (χ1v) is 5.36. The fourth-order valence-corrected chi connectivity index (χ4v) is 1.15. The van der Waals surface area contributed by atoms with Crippen molar-refractivity contribution in [2.24, 2.45) is 0 Å². The van der Waals surface area contributed by atoms with Crippen LogP contribution in [0, 0.1) is 0 Å². The number of hydrogen-bond donors (Lipinski definition) is 0. The zero-order chi connectivity index (χ0) is 12.5. The van der Waals surface area contributed by atoms with E-state index in [1.807, 2.05) is 12.1 Å². The van der Waals surface area contributed by atoms with E-state index >= 15 is 0 Å². The van der Waals surface area contributed by atoms with Crippen molar-refractivity contribution in [3.8, 4) is 11.5 Å². The molecule has 0 unspecified atom stereocenters. The standard InChI is InChI=1S/C13H16O4/c1-3-16-13(14)5-4-10-17-12-8-6-11(15-2)7-9-12/h4-9H,3,10H2,1-2H3/b5-4+. The van der Waals surface area contributed by atoms with Crippen molar-refractivity contribution in [3.05, 3.63) is 36.4 Å². The Balaban J connectivity index is 2.32. The largest absolute Gasteiger partial charge is 0.497 e. The van der Waals surface area contributed by atoms with E-state index in [2.05, 4.69) is 0 Å². The van der Waals surface area contributed by atoms with Crippen molar-refractivity contribution in [1.29, 1.82) is 0 Å². The zero-order valence-electron chi connectivity index (χ0n) is 10.0. The molecule has 0 amide bonds. The number of esters is 1. The minimum atomic E-state index is -0.356. The number of rotatable bonds is 6. The number of carbonyl (C=O) groups is 1. The predicted octanol–water partition coefficient (Wildman–Crippen LogP) is 2.19. The second kappa shape index (κ2) is 7.33. The molecule has 92 valence electrons. The van der Waals surface area contributed by atoms with Gasteiger partial charge in [-0.15, -0.1) is 0 Å². The lowest BCUT2D eigenvalue weighted by atomic mass is 10.3. The van der Waals surface area contributed by atoms with Gasteiger partial charge in [-0.25, -0.2) is 4.79 Å². The van der Waals surface area contributed by atoms with Gasteiger partial charge in [0.1, 0.15) is 18.1 Å². The molecule has 0 saturated heterocycles. The van der Waals surface area contributed by atoms with Crippen LogP contribution < -0.4 is 9.47 Å². The number of methoxy groups -OCH3 is 1. The summed E-state index contributed by atoms with van der Waals surface area (Å²) < 4.78 is 15.1. The molecule has 17 heavy (non-hydrogen) atoms. The third-order valence-electron chi connectivity index (χ3n) is 1.95. The fourth-order valence-electron chi connectivity index (χ4n) is 1.15. The topological polar surface area (TPSA) is 44.8 Å². The Bertz CT molecular complexity index is 368. The zero-order valence-corrected chi connectivity index (χ0v) is 10.0. The molecule has 0 aliphatic rings. The third kappa shape index (κ3) is 5.06. The molecular weight excluding hydrogens is 220 g/mol. The maximum absolute atomic E-state index is 11.0. The van der Waals surface area contributed by atoms with E-state index in [4.69, 9.17) is 14.2 Å². The van der Waals surface area contributed by atoms with E-state index in [1.54, 1.807) is 32.2 Å². The quantitative estimate of drug-likeness (QED) is 0.561. The van der Waals surface area contributed by atoms with Crippen LogP contribution >= 0.6 is 0 Å². The lowest BCUT2D eigenvalue weighted by Crippen LogP contribution is -2.00. The number of benzene rings is 1. The van der Waals surface area contributed by atoms with Crippen molar-refractivity contribution in [2.75, 3.05) is 20.3 Å². The summed E-state index contributed by atoms with van der Waals surface area (Å²) in [4.78, 5) is 11.0. The molecule has 0 aliphatic heterocycles. The molecule has 1 aromatic rings. The SMILES string of the molecule is CCOC(=O)/C=C/COc1ccc(OC)cc1. The van der Waals surface area contributed by atoms with Gasteiger partial charge in [0.15, 0.2) is 0 Å². The summed E-state index contributed by atoms with van der Waals surface area (Å²) in [7, 11) is 1.61. The highest BCUT2D eigenvalue weighted by Crippen LogP contribution is 2.16. The van der Waals surface area contributed by atoms with Crippen LogP contribution in [0.2, 0.25) is 0 Å². The Hall–Kier alpha value is -1.97. The lowest BCUT2D eigenvalue weighted by Gasteiger charge is -2.04. The van der Waals surface area contributed by atoms with Crippen LogP contribution in [0.25, 0.3) is 0 Å². The number of hydrogen-bond acceptors (Lipinski definition) is 4. The Morgan fingerprint density at radius 2 is 1.88 bits per heavy atom. The van der Waals surface area contributed by atoms with Gasteiger partial charge in [-0.2, -0.15) is 0 Å². The molecule has 0 heterocycles. The summed E-state index contributed by atoms with van der Waals surface area (Å²) in [5.74, 6) is 1.14. The molecule has 0 spiro atoms. The predicted molar refractivity (Wildman–Crippen MR) is 64.3 cm³/mol. The Morgan fingerprint density at radius 1 is 1.24 bits per heavy atom. The van der Waals surface area contributed by atoms with E-state index in [0.717, 1.165) is 11.5 Å². The second-order valence-electron chi connectivity index (χ2n) is 3.14. The summed E-state index contributed by atoms with van der Waals surface area (Å²) in [6, 6.07) is 7.23. The smallest absolute Gasteiger partial charge is 0.330 e. The maximum atomic E-state index is 11.0. The van der Waals surface area contributed by atoms with Crippen molar-refractivity contribution >= 4 is 5.97 Å². The van der Waals surface area contributed by atoms with E-state index in [1.165, 1.54) is 6.08 Å². The molecule has 0 fully saturated rings. The molecule has 0 radical (unpaired) electrons. The normalized spacial score (nSPS) is 10.2. The van der Waals surface area contributed by atoms with Gasteiger partial charge >= 0.3 is 5.97 Å². The Kier molecular flexibility index (Phi) is 5.64. The molecule has 0 aliphatic carbocycles. The van der Waals surface area contributed by atoms with Gasteiger partial charge in [-0.1, -0.05) is 0 Å². The molecule has 1 rings (SSSR count). The van der Waals surface area contributed by atoms with Crippen molar-refractivity contribution in [2.45, 2.75) is 6.92 Å². The van der Waals surface area contributed by atoms with Gasteiger partial charge in [0, 0.05) is 6.08 Å². The molecule has 4 nitrogen and oxygen atoms in total. The average molecular weight is 236 g/mol. The molecule has 0 N–H and O–H groups in total. The summed E-state index contributed by atoms with van der Waals surface area (Å²) >= 11 is 0. The van der Waals surface area contributed by atoms with E-state index in [-0.39, 0.29) is 5.97 Å². The molecule has 0 saturated carbocycles. The van der Waals surface area contributed by atoms with Crippen molar-refractivity contribution in [3.63, 3.8) is 0 Å². The van der Waals surface area contributed by atoms with Crippen LogP contribution in [0.5, 0.6) is 11.5 Å². The average Bonchev–Trinajstić information content (AvgIpc) is 2.36. The van der Waals surface area contributed by atoms with Gasteiger partial charge in [0.05, 0.1) is 13.7 Å². The highest BCUT2D eigenvalue weighted by molar-refractivity contribution is 5.81. The first kappa shape index (κ1) is 13.1. The van der Waals surface area contributed by atoms with Crippen molar-refractivity contribution < 1.29 is 19.0 Å². The molecule has 4 heteroatoms. The Labute approximate surface area is 101 Å². The van der Waals surface area contributed by atoms with Gasteiger partial charge in [-0.3, -0.25) is 0 Å². The van der Waals surface area contributed by atoms with E-state index < -0.39 is 0 Å². The number of carbonyl (C=O) groups excluding carboxylic acids is 1.